The van der Waals surface area contributed by atoms with Gasteiger partial charge in [0.1, 0.15) is 0 Å². The van der Waals surface area contributed by atoms with E-state index in [0.717, 1.165) is 30.8 Å². The van der Waals surface area contributed by atoms with Crippen LogP contribution in [0.15, 0.2) is 0 Å². The first kappa shape index (κ1) is 17.0. The summed E-state index contributed by atoms with van der Waals surface area (Å²) in [6, 6.07) is 0.717. The molecule has 1 aliphatic rings. The van der Waals surface area contributed by atoms with Gasteiger partial charge in [-0.25, -0.2) is 0 Å². The van der Waals surface area contributed by atoms with E-state index in [0.29, 0.717) is 6.04 Å². The van der Waals surface area contributed by atoms with E-state index in [1.807, 2.05) is 0 Å². The lowest BCUT2D eigenvalue weighted by Gasteiger charge is -2.34. The Balaban J connectivity index is 2.45. The molecule has 0 aromatic rings. The van der Waals surface area contributed by atoms with Gasteiger partial charge in [0, 0.05) is 12.6 Å². The van der Waals surface area contributed by atoms with Crippen molar-refractivity contribution in [3.63, 3.8) is 0 Å². The minimum atomic E-state index is 0.717. The van der Waals surface area contributed by atoms with E-state index in [2.05, 4.69) is 44.8 Å². The zero-order valence-corrected chi connectivity index (χ0v) is 13.9. The quantitative estimate of drug-likeness (QED) is 0.756. The topological polar surface area (TPSA) is 15.3 Å². The number of likely N-dealkylation sites (tertiary alicyclic amines) is 1. The molecule has 1 saturated heterocycles. The van der Waals surface area contributed by atoms with Gasteiger partial charge in [0.05, 0.1) is 0 Å². The lowest BCUT2D eigenvalue weighted by atomic mass is 9.98. The molecular formula is C17H36N2. The number of hydrogen-bond donors (Lipinski definition) is 1. The predicted octanol–water partition coefficient (Wildman–Crippen LogP) is 3.77. The Morgan fingerprint density at radius 2 is 1.79 bits per heavy atom. The van der Waals surface area contributed by atoms with Crippen LogP contribution in [0.25, 0.3) is 0 Å². The molecule has 0 radical (unpaired) electrons. The van der Waals surface area contributed by atoms with E-state index < -0.39 is 0 Å². The van der Waals surface area contributed by atoms with Crippen molar-refractivity contribution in [3.8, 4) is 0 Å². The number of rotatable bonds is 7. The molecule has 1 N–H and O–H groups in total. The van der Waals surface area contributed by atoms with Crippen LogP contribution in [-0.4, -0.2) is 37.1 Å². The first-order valence-electron chi connectivity index (χ1n) is 8.49. The van der Waals surface area contributed by atoms with Crippen LogP contribution < -0.4 is 5.32 Å². The second-order valence-corrected chi connectivity index (χ2v) is 7.10. The minimum Gasteiger partial charge on any atom is -0.315 e. The van der Waals surface area contributed by atoms with Crippen LogP contribution in [0.4, 0.5) is 0 Å². The molecule has 2 atom stereocenters. The summed E-state index contributed by atoms with van der Waals surface area (Å²) in [5.74, 6) is 2.47. The smallest absolute Gasteiger partial charge is 0.0243 e. The van der Waals surface area contributed by atoms with Gasteiger partial charge in [-0.1, -0.05) is 41.0 Å². The highest BCUT2D eigenvalue weighted by Crippen LogP contribution is 2.23. The third-order valence-electron chi connectivity index (χ3n) is 4.60. The summed E-state index contributed by atoms with van der Waals surface area (Å²) in [7, 11) is 0. The first-order chi connectivity index (χ1) is 9.04. The van der Waals surface area contributed by atoms with Crippen LogP contribution >= 0.6 is 0 Å². The van der Waals surface area contributed by atoms with Gasteiger partial charge in [0.15, 0.2) is 0 Å². The highest BCUT2D eigenvalue weighted by molar-refractivity contribution is 4.80. The number of nitrogens with zero attached hydrogens (tertiary/aromatic N) is 1. The molecule has 0 amide bonds. The fourth-order valence-electron chi connectivity index (χ4n) is 3.23. The van der Waals surface area contributed by atoms with Gasteiger partial charge in [-0.05, 0) is 56.7 Å². The van der Waals surface area contributed by atoms with Crippen molar-refractivity contribution in [2.45, 2.75) is 66.3 Å². The van der Waals surface area contributed by atoms with Gasteiger partial charge in [-0.3, -0.25) is 4.90 Å². The average molecular weight is 268 g/mol. The van der Waals surface area contributed by atoms with Crippen molar-refractivity contribution >= 4 is 0 Å². The minimum absolute atomic E-state index is 0.717. The Morgan fingerprint density at radius 3 is 2.37 bits per heavy atom. The zero-order valence-electron chi connectivity index (χ0n) is 13.9. The van der Waals surface area contributed by atoms with Crippen molar-refractivity contribution in [3.05, 3.63) is 0 Å². The predicted molar refractivity (Wildman–Crippen MR) is 85.5 cm³/mol. The Bertz CT molecular complexity index is 225. The summed E-state index contributed by atoms with van der Waals surface area (Å²) in [5, 5.41) is 3.67. The lowest BCUT2D eigenvalue weighted by molar-refractivity contribution is 0.154. The molecule has 1 heterocycles. The van der Waals surface area contributed by atoms with E-state index in [1.54, 1.807) is 0 Å². The van der Waals surface area contributed by atoms with Gasteiger partial charge >= 0.3 is 0 Å². The highest BCUT2D eigenvalue weighted by atomic mass is 15.2. The molecule has 0 aliphatic carbocycles. The van der Waals surface area contributed by atoms with Gasteiger partial charge in [0.2, 0.25) is 0 Å². The van der Waals surface area contributed by atoms with Crippen LogP contribution in [0, 0.1) is 17.8 Å². The van der Waals surface area contributed by atoms with E-state index in [1.165, 1.54) is 38.8 Å². The second-order valence-electron chi connectivity index (χ2n) is 7.10. The first-order valence-corrected chi connectivity index (χ1v) is 8.49. The maximum absolute atomic E-state index is 3.67. The second kappa shape index (κ2) is 8.97. The fourth-order valence-corrected chi connectivity index (χ4v) is 3.23. The monoisotopic (exact) mass is 268 g/mol. The summed E-state index contributed by atoms with van der Waals surface area (Å²) in [6.45, 7) is 16.6. The van der Waals surface area contributed by atoms with Crippen molar-refractivity contribution in [2.75, 3.05) is 26.2 Å². The zero-order chi connectivity index (χ0) is 14.3. The molecule has 0 bridgehead atoms. The number of hydrogen-bond acceptors (Lipinski definition) is 2. The van der Waals surface area contributed by atoms with E-state index in [9.17, 15) is 0 Å². The molecule has 2 unspecified atom stereocenters. The molecule has 0 saturated carbocycles. The van der Waals surface area contributed by atoms with E-state index in [4.69, 9.17) is 0 Å². The Hall–Kier alpha value is -0.0800. The molecule has 1 fully saturated rings. The Labute approximate surface area is 121 Å². The molecule has 1 rings (SSSR count). The molecule has 19 heavy (non-hydrogen) atoms. The normalized spacial score (nSPS) is 23.8. The van der Waals surface area contributed by atoms with Crippen molar-refractivity contribution in [1.29, 1.82) is 0 Å². The fraction of sp³-hybridized carbons (Fsp3) is 1.00. The summed E-state index contributed by atoms with van der Waals surface area (Å²) < 4.78 is 0. The van der Waals surface area contributed by atoms with Crippen LogP contribution in [0.1, 0.15) is 60.3 Å². The van der Waals surface area contributed by atoms with E-state index >= 15 is 0 Å². The molecule has 0 aromatic heterocycles. The summed E-state index contributed by atoms with van der Waals surface area (Å²) in [6.07, 6.45) is 5.61. The van der Waals surface area contributed by atoms with Gasteiger partial charge in [-0.15, -0.1) is 0 Å². The molecule has 2 nitrogen and oxygen atoms in total. The highest BCUT2D eigenvalue weighted by Gasteiger charge is 2.24. The van der Waals surface area contributed by atoms with Crippen LogP contribution in [-0.2, 0) is 0 Å². The molecule has 114 valence electrons. The summed E-state index contributed by atoms with van der Waals surface area (Å²) >= 11 is 0. The largest absolute Gasteiger partial charge is 0.315 e. The molecule has 2 heteroatoms. The molecule has 1 aliphatic heterocycles. The van der Waals surface area contributed by atoms with Gasteiger partial charge in [-0.2, -0.15) is 0 Å². The summed E-state index contributed by atoms with van der Waals surface area (Å²) in [5.41, 5.74) is 0. The standard InChI is InChI=1S/C17H36N2/c1-6-16-8-7-10-19(11-9-16)17(15(4)5)13-18-12-14(2)3/h14-18H,6-13H2,1-5H3. The Kier molecular flexibility index (Phi) is 8.01. The van der Waals surface area contributed by atoms with E-state index in [-0.39, 0.29) is 0 Å². The van der Waals surface area contributed by atoms with Gasteiger partial charge in [0.25, 0.3) is 0 Å². The molecule has 0 spiro atoms. The average Bonchev–Trinajstić information content (AvgIpc) is 2.59. The van der Waals surface area contributed by atoms with Crippen LogP contribution in [0.2, 0.25) is 0 Å². The molecule has 0 aromatic carbocycles. The maximum atomic E-state index is 3.67. The third-order valence-corrected chi connectivity index (χ3v) is 4.60. The van der Waals surface area contributed by atoms with Gasteiger partial charge < -0.3 is 5.32 Å². The van der Waals surface area contributed by atoms with Crippen LogP contribution in [0.5, 0.6) is 0 Å². The van der Waals surface area contributed by atoms with Crippen molar-refractivity contribution in [2.24, 2.45) is 17.8 Å². The molecular weight excluding hydrogens is 232 g/mol. The summed E-state index contributed by atoms with van der Waals surface area (Å²) in [4.78, 5) is 2.76. The lowest BCUT2D eigenvalue weighted by Crippen LogP contribution is -2.46. The van der Waals surface area contributed by atoms with Crippen LogP contribution in [0.3, 0.4) is 0 Å². The van der Waals surface area contributed by atoms with Crippen molar-refractivity contribution < 1.29 is 0 Å². The maximum Gasteiger partial charge on any atom is 0.0243 e. The third kappa shape index (κ3) is 6.27. The number of nitrogens with one attached hydrogen (secondary N) is 1. The van der Waals surface area contributed by atoms with Crippen molar-refractivity contribution in [1.82, 2.24) is 10.2 Å². The Morgan fingerprint density at radius 1 is 1.05 bits per heavy atom. The SMILES string of the molecule is CCC1CCCN(C(CNCC(C)C)C(C)C)CC1.